The zero-order valence-electron chi connectivity index (χ0n) is 20.6. The Bertz CT molecular complexity index is 1010. The Labute approximate surface area is 205 Å². The zero-order chi connectivity index (χ0) is 24.0. The van der Waals surface area contributed by atoms with Gasteiger partial charge in [0.05, 0.1) is 13.2 Å². The van der Waals surface area contributed by atoms with Gasteiger partial charge in [-0.1, -0.05) is 118 Å². The Morgan fingerprint density at radius 2 is 1.35 bits per heavy atom. The van der Waals surface area contributed by atoms with Gasteiger partial charge in [0, 0.05) is 0 Å². The van der Waals surface area contributed by atoms with Crippen molar-refractivity contribution in [2.45, 2.75) is 57.5 Å². The summed E-state index contributed by atoms with van der Waals surface area (Å²) in [5.41, 5.74) is 1.16. The minimum atomic E-state index is -2.57. The lowest BCUT2D eigenvalue weighted by Gasteiger charge is -2.44. The highest BCUT2D eigenvalue weighted by Crippen LogP contribution is 2.37. The van der Waals surface area contributed by atoms with Crippen LogP contribution in [0.1, 0.15) is 39.2 Å². The molecule has 1 aliphatic heterocycles. The van der Waals surface area contributed by atoms with E-state index in [1.54, 1.807) is 0 Å². The van der Waals surface area contributed by atoms with E-state index in [0.29, 0.717) is 19.0 Å². The van der Waals surface area contributed by atoms with Gasteiger partial charge in [0.25, 0.3) is 8.32 Å². The summed E-state index contributed by atoms with van der Waals surface area (Å²) in [6.45, 7) is 12.2. The largest absolute Gasteiger partial charge is 0.490 e. The van der Waals surface area contributed by atoms with Crippen molar-refractivity contribution in [1.29, 1.82) is 0 Å². The predicted octanol–water partition coefficient (Wildman–Crippen LogP) is 5.84. The van der Waals surface area contributed by atoms with Crippen molar-refractivity contribution in [2.24, 2.45) is 0 Å². The molecule has 0 unspecified atom stereocenters. The molecule has 2 atom stereocenters. The van der Waals surface area contributed by atoms with Gasteiger partial charge in [-0.3, -0.25) is 0 Å². The molecule has 0 aromatic heterocycles. The van der Waals surface area contributed by atoms with Crippen LogP contribution in [0.25, 0.3) is 0 Å². The molecule has 4 rings (SSSR count). The molecule has 3 nitrogen and oxygen atoms in total. The van der Waals surface area contributed by atoms with Crippen molar-refractivity contribution in [3.63, 3.8) is 0 Å². The summed E-state index contributed by atoms with van der Waals surface area (Å²) in [7, 11) is -2.57. The van der Waals surface area contributed by atoms with E-state index in [4.69, 9.17) is 13.9 Å². The second-order valence-corrected chi connectivity index (χ2v) is 14.3. The van der Waals surface area contributed by atoms with Gasteiger partial charge in [-0.2, -0.15) is 0 Å². The van der Waals surface area contributed by atoms with Crippen LogP contribution in [0, 0.1) is 0 Å². The SMILES string of the molecule is C=C1O[C@H](CO[Si](c2ccccc2)(c2ccccc2)C(C)(C)C)CC[C@H]1OCc1ccccc1. The van der Waals surface area contributed by atoms with Gasteiger partial charge in [-0.25, -0.2) is 0 Å². The topological polar surface area (TPSA) is 27.7 Å². The molecule has 0 amide bonds. The number of hydrogen-bond acceptors (Lipinski definition) is 3. The minimum absolute atomic E-state index is 0.0225. The standard InChI is InChI=1S/C30H36O3Si/c1-24-29(31-22-25-14-8-5-9-15-25)21-20-26(33-24)23-32-34(30(2,3)4,27-16-10-6-11-17-27)28-18-12-7-13-19-28/h5-19,26,29H,1,20-23H2,2-4H3/t26-,29+/m0/s1. The lowest BCUT2D eigenvalue weighted by molar-refractivity contribution is -0.0542. The highest BCUT2D eigenvalue weighted by atomic mass is 28.4. The van der Waals surface area contributed by atoms with Crippen molar-refractivity contribution in [1.82, 2.24) is 0 Å². The lowest BCUT2D eigenvalue weighted by atomic mass is 10.1. The first-order valence-electron chi connectivity index (χ1n) is 12.2. The van der Waals surface area contributed by atoms with Crippen LogP contribution in [0.5, 0.6) is 0 Å². The van der Waals surface area contributed by atoms with Crippen LogP contribution in [-0.2, 0) is 20.5 Å². The first-order chi connectivity index (χ1) is 16.4. The van der Waals surface area contributed by atoms with Crippen LogP contribution in [-0.4, -0.2) is 27.1 Å². The minimum Gasteiger partial charge on any atom is -0.490 e. The van der Waals surface area contributed by atoms with Gasteiger partial charge < -0.3 is 13.9 Å². The van der Waals surface area contributed by atoms with Gasteiger partial charge in [0.2, 0.25) is 0 Å². The van der Waals surface area contributed by atoms with Crippen LogP contribution in [0.15, 0.2) is 103 Å². The van der Waals surface area contributed by atoms with Gasteiger partial charge in [-0.05, 0) is 33.8 Å². The third kappa shape index (κ3) is 5.35. The van der Waals surface area contributed by atoms with Crippen LogP contribution in [0.2, 0.25) is 5.04 Å². The van der Waals surface area contributed by atoms with E-state index in [1.165, 1.54) is 10.4 Å². The maximum Gasteiger partial charge on any atom is 0.261 e. The molecule has 0 aliphatic carbocycles. The molecule has 178 valence electrons. The average Bonchev–Trinajstić information content (AvgIpc) is 2.85. The highest BCUT2D eigenvalue weighted by molar-refractivity contribution is 6.99. The fourth-order valence-electron chi connectivity index (χ4n) is 4.89. The van der Waals surface area contributed by atoms with Gasteiger partial charge in [0.1, 0.15) is 18.0 Å². The molecule has 1 aliphatic rings. The molecule has 1 saturated heterocycles. The van der Waals surface area contributed by atoms with Crippen LogP contribution in [0.4, 0.5) is 0 Å². The number of benzene rings is 3. The monoisotopic (exact) mass is 472 g/mol. The summed E-state index contributed by atoms with van der Waals surface area (Å²) in [5.74, 6) is 0.707. The molecule has 4 heteroatoms. The normalized spacial score (nSPS) is 19.0. The quantitative estimate of drug-likeness (QED) is 0.386. The fourth-order valence-corrected chi connectivity index (χ4v) is 9.48. The van der Waals surface area contributed by atoms with E-state index in [9.17, 15) is 0 Å². The molecule has 1 fully saturated rings. The molecule has 3 aromatic rings. The Balaban J connectivity index is 1.48. The predicted molar refractivity (Wildman–Crippen MR) is 142 cm³/mol. The van der Waals surface area contributed by atoms with Crippen molar-refractivity contribution in [2.75, 3.05) is 6.61 Å². The summed E-state index contributed by atoms with van der Waals surface area (Å²) in [4.78, 5) is 0. The van der Waals surface area contributed by atoms with Crippen LogP contribution in [0.3, 0.4) is 0 Å². The van der Waals surface area contributed by atoms with Crippen molar-refractivity contribution in [3.05, 3.63) is 109 Å². The summed E-state index contributed by atoms with van der Waals surface area (Å²) in [5, 5.41) is 2.52. The van der Waals surface area contributed by atoms with Gasteiger partial charge in [0.15, 0.2) is 0 Å². The third-order valence-corrected chi connectivity index (χ3v) is 11.6. The second kappa shape index (κ2) is 10.7. The number of ether oxygens (including phenoxy) is 2. The smallest absolute Gasteiger partial charge is 0.261 e. The van der Waals surface area contributed by atoms with E-state index >= 15 is 0 Å². The Morgan fingerprint density at radius 1 is 0.824 bits per heavy atom. The van der Waals surface area contributed by atoms with E-state index in [2.05, 4.69) is 100 Å². The molecule has 0 radical (unpaired) electrons. The number of hydrogen-bond donors (Lipinski definition) is 0. The van der Waals surface area contributed by atoms with E-state index < -0.39 is 8.32 Å². The zero-order valence-corrected chi connectivity index (χ0v) is 21.6. The Hall–Kier alpha value is -2.66. The van der Waals surface area contributed by atoms with E-state index in [0.717, 1.165) is 18.4 Å². The maximum absolute atomic E-state index is 7.05. The third-order valence-electron chi connectivity index (χ3n) is 6.62. The molecule has 0 saturated carbocycles. The Kier molecular flexibility index (Phi) is 7.72. The lowest BCUT2D eigenvalue weighted by Crippen LogP contribution is -2.67. The van der Waals surface area contributed by atoms with E-state index in [-0.39, 0.29) is 17.2 Å². The summed E-state index contributed by atoms with van der Waals surface area (Å²) in [6.07, 6.45) is 1.67. The molecular weight excluding hydrogens is 436 g/mol. The molecule has 0 bridgehead atoms. The molecule has 0 spiro atoms. The van der Waals surface area contributed by atoms with Crippen LogP contribution >= 0.6 is 0 Å². The average molecular weight is 473 g/mol. The highest BCUT2D eigenvalue weighted by Gasteiger charge is 2.50. The van der Waals surface area contributed by atoms with Crippen molar-refractivity contribution < 1.29 is 13.9 Å². The summed E-state index contributed by atoms with van der Waals surface area (Å²) < 4.78 is 19.4. The van der Waals surface area contributed by atoms with Crippen molar-refractivity contribution >= 4 is 18.7 Å². The summed E-state index contributed by atoms with van der Waals surface area (Å²) in [6, 6.07) is 31.7. The van der Waals surface area contributed by atoms with Gasteiger partial charge >= 0.3 is 0 Å². The molecule has 0 N–H and O–H groups in total. The number of rotatable bonds is 8. The molecular formula is C30H36O3Si. The second-order valence-electron chi connectivity index (χ2n) is 10.0. The molecule has 3 aromatic carbocycles. The molecule has 34 heavy (non-hydrogen) atoms. The summed E-state index contributed by atoms with van der Waals surface area (Å²) >= 11 is 0. The van der Waals surface area contributed by atoms with Gasteiger partial charge in [-0.15, -0.1) is 0 Å². The fraction of sp³-hybridized carbons (Fsp3) is 0.333. The Morgan fingerprint density at radius 3 is 1.85 bits per heavy atom. The van der Waals surface area contributed by atoms with Crippen molar-refractivity contribution in [3.8, 4) is 0 Å². The first kappa shape index (κ1) is 24.5. The maximum atomic E-state index is 7.05. The molecule has 1 heterocycles. The van der Waals surface area contributed by atoms with Crippen LogP contribution < -0.4 is 10.4 Å². The first-order valence-corrected chi connectivity index (χ1v) is 14.1. The van der Waals surface area contributed by atoms with E-state index in [1.807, 2.05) is 18.2 Å².